The summed E-state index contributed by atoms with van der Waals surface area (Å²) in [5.74, 6) is 0.906. The van der Waals surface area contributed by atoms with Crippen LogP contribution in [0.2, 0.25) is 0 Å². The number of benzene rings is 2. The van der Waals surface area contributed by atoms with E-state index in [1.165, 1.54) is 5.56 Å². The van der Waals surface area contributed by atoms with Gasteiger partial charge in [-0.3, -0.25) is 0 Å². The zero-order valence-electron chi connectivity index (χ0n) is 12.8. The van der Waals surface area contributed by atoms with E-state index in [4.69, 9.17) is 15.2 Å². The summed E-state index contributed by atoms with van der Waals surface area (Å²) >= 11 is 0. The first-order valence-corrected chi connectivity index (χ1v) is 7.25. The molecule has 0 spiro atoms. The summed E-state index contributed by atoms with van der Waals surface area (Å²) in [4.78, 5) is 0. The maximum absolute atomic E-state index is 5.77. The molecule has 0 aromatic heterocycles. The molecule has 0 radical (unpaired) electrons. The minimum atomic E-state index is 0.257. The van der Waals surface area contributed by atoms with Crippen molar-refractivity contribution < 1.29 is 9.47 Å². The smallest absolute Gasteiger partial charge is 0.189 e. The Labute approximate surface area is 126 Å². The van der Waals surface area contributed by atoms with Crippen molar-refractivity contribution in [1.82, 2.24) is 0 Å². The zero-order valence-corrected chi connectivity index (χ0v) is 12.8. The Balaban J connectivity index is 1.88. The lowest BCUT2D eigenvalue weighted by Gasteiger charge is -2.14. The molecule has 0 saturated heterocycles. The van der Waals surface area contributed by atoms with Crippen LogP contribution in [-0.4, -0.2) is 13.3 Å². The lowest BCUT2D eigenvalue weighted by molar-refractivity contribution is 0.00430. The van der Waals surface area contributed by atoms with Gasteiger partial charge in [-0.15, -0.1) is 0 Å². The lowest BCUT2D eigenvalue weighted by atomic mass is 10.0. The van der Waals surface area contributed by atoms with Gasteiger partial charge in [-0.25, -0.2) is 0 Å². The molecule has 0 unspecified atom stereocenters. The minimum Gasteiger partial charge on any atom is -0.467 e. The van der Waals surface area contributed by atoms with Gasteiger partial charge in [-0.1, -0.05) is 42.5 Å². The Kier molecular flexibility index (Phi) is 5.78. The average molecular weight is 285 g/mol. The molecule has 3 nitrogen and oxygen atoms in total. The van der Waals surface area contributed by atoms with E-state index in [9.17, 15) is 0 Å². The number of nitrogens with two attached hydrogens (primary N) is 1. The van der Waals surface area contributed by atoms with Crippen LogP contribution >= 0.6 is 0 Å². The van der Waals surface area contributed by atoms with Crippen LogP contribution in [0.1, 0.15) is 22.3 Å². The number of rotatable bonds is 7. The summed E-state index contributed by atoms with van der Waals surface area (Å²) in [6.45, 7) is 5.59. The molecular weight excluding hydrogens is 262 g/mol. The first kappa shape index (κ1) is 15.5. The third-order valence-corrected chi connectivity index (χ3v) is 3.35. The van der Waals surface area contributed by atoms with Gasteiger partial charge in [0.15, 0.2) is 6.79 Å². The van der Waals surface area contributed by atoms with Crippen molar-refractivity contribution >= 4 is 0 Å². The summed E-state index contributed by atoms with van der Waals surface area (Å²) in [5.41, 5.74) is 10.3. The van der Waals surface area contributed by atoms with E-state index >= 15 is 0 Å². The van der Waals surface area contributed by atoms with Gasteiger partial charge in [0.2, 0.25) is 0 Å². The summed E-state index contributed by atoms with van der Waals surface area (Å²) in [5, 5.41) is 0. The number of hydrogen-bond acceptors (Lipinski definition) is 3. The van der Waals surface area contributed by atoms with Gasteiger partial charge in [0, 0.05) is 0 Å². The van der Waals surface area contributed by atoms with Crippen molar-refractivity contribution in [3.8, 4) is 5.75 Å². The Bertz CT molecular complexity index is 544. The van der Waals surface area contributed by atoms with Crippen LogP contribution in [0, 0.1) is 13.8 Å². The van der Waals surface area contributed by atoms with E-state index in [0.29, 0.717) is 13.2 Å². The summed E-state index contributed by atoms with van der Waals surface area (Å²) < 4.78 is 11.3. The van der Waals surface area contributed by atoms with E-state index in [1.807, 2.05) is 30.3 Å². The van der Waals surface area contributed by atoms with E-state index in [1.54, 1.807) is 0 Å². The van der Waals surface area contributed by atoms with Crippen molar-refractivity contribution in [2.45, 2.75) is 26.9 Å². The number of ether oxygens (including phenoxy) is 2. The third-order valence-electron chi connectivity index (χ3n) is 3.35. The molecule has 0 aliphatic heterocycles. The summed E-state index contributed by atoms with van der Waals surface area (Å²) in [6.07, 6.45) is 0.895. The van der Waals surface area contributed by atoms with E-state index in [0.717, 1.165) is 28.9 Å². The first-order chi connectivity index (χ1) is 10.2. The highest BCUT2D eigenvalue weighted by Gasteiger charge is 2.06. The van der Waals surface area contributed by atoms with Crippen molar-refractivity contribution in [2.24, 2.45) is 5.73 Å². The highest BCUT2D eigenvalue weighted by atomic mass is 16.7. The van der Waals surface area contributed by atoms with Gasteiger partial charge in [-0.2, -0.15) is 0 Å². The molecule has 0 atom stereocenters. The Morgan fingerprint density at radius 3 is 2.24 bits per heavy atom. The van der Waals surface area contributed by atoms with Crippen LogP contribution in [0.15, 0.2) is 42.5 Å². The SMILES string of the molecule is Cc1cc(CCN)cc(C)c1OCOCc1ccccc1. The standard InChI is InChI=1S/C18H23NO2/c1-14-10-17(8-9-19)11-15(2)18(14)21-13-20-12-16-6-4-3-5-7-16/h3-7,10-11H,8-9,12-13,19H2,1-2H3. The second-order valence-corrected chi connectivity index (χ2v) is 5.19. The van der Waals surface area contributed by atoms with Crippen LogP contribution in [-0.2, 0) is 17.8 Å². The molecule has 0 saturated carbocycles. The minimum absolute atomic E-state index is 0.257. The molecule has 2 rings (SSSR count). The number of aryl methyl sites for hydroxylation is 2. The molecular formula is C18H23NO2. The van der Waals surface area contributed by atoms with Crippen molar-refractivity contribution in [3.63, 3.8) is 0 Å². The van der Waals surface area contributed by atoms with Gasteiger partial charge >= 0.3 is 0 Å². The van der Waals surface area contributed by atoms with Crippen molar-refractivity contribution in [1.29, 1.82) is 0 Å². The molecule has 0 heterocycles. The molecule has 112 valence electrons. The van der Waals surface area contributed by atoms with Crippen molar-refractivity contribution in [3.05, 3.63) is 64.7 Å². The number of hydrogen-bond donors (Lipinski definition) is 1. The molecule has 0 aliphatic carbocycles. The quantitative estimate of drug-likeness (QED) is 0.626. The Morgan fingerprint density at radius 2 is 1.62 bits per heavy atom. The molecule has 0 fully saturated rings. The normalized spacial score (nSPS) is 10.6. The van der Waals surface area contributed by atoms with Gasteiger partial charge in [0.1, 0.15) is 5.75 Å². The van der Waals surface area contributed by atoms with Gasteiger partial charge in [0.05, 0.1) is 6.61 Å². The fourth-order valence-electron chi connectivity index (χ4n) is 2.41. The molecule has 21 heavy (non-hydrogen) atoms. The molecule has 0 aliphatic rings. The second-order valence-electron chi connectivity index (χ2n) is 5.19. The van der Waals surface area contributed by atoms with E-state index < -0.39 is 0 Å². The van der Waals surface area contributed by atoms with Crippen LogP contribution in [0.3, 0.4) is 0 Å². The predicted molar refractivity (Wildman–Crippen MR) is 85.4 cm³/mol. The lowest BCUT2D eigenvalue weighted by Crippen LogP contribution is -2.07. The molecule has 0 bridgehead atoms. The molecule has 3 heteroatoms. The fraction of sp³-hybridized carbons (Fsp3) is 0.333. The highest BCUT2D eigenvalue weighted by Crippen LogP contribution is 2.25. The van der Waals surface area contributed by atoms with Crippen LogP contribution in [0.4, 0.5) is 0 Å². The monoisotopic (exact) mass is 285 g/mol. The largest absolute Gasteiger partial charge is 0.467 e. The molecule has 0 amide bonds. The third kappa shape index (κ3) is 4.59. The maximum Gasteiger partial charge on any atom is 0.189 e. The van der Waals surface area contributed by atoms with E-state index in [2.05, 4.69) is 26.0 Å². The van der Waals surface area contributed by atoms with Crippen LogP contribution < -0.4 is 10.5 Å². The van der Waals surface area contributed by atoms with Gasteiger partial charge < -0.3 is 15.2 Å². The van der Waals surface area contributed by atoms with Crippen LogP contribution in [0.5, 0.6) is 5.75 Å². The maximum atomic E-state index is 5.77. The van der Waals surface area contributed by atoms with Gasteiger partial charge in [0.25, 0.3) is 0 Å². The zero-order chi connectivity index (χ0) is 15.1. The highest BCUT2D eigenvalue weighted by molar-refractivity contribution is 5.43. The fourth-order valence-corrected chi connectivity index (χ4v) is 2.41. The van der Waals surface area contributed by atoms with Gasteiger partial charge in [-0.05, 0) is 49.1 Å². The summed E-state index contributed by atoms with van der Waals surface area (Å²) in [6, 6.07) is 14.3. The van der Waals surface area contributed by atoms with Crippen LogP contribution in [0.25, 0.3) is 0 Å². The average Bonchev–Trinajstić information content (AvgIpc) is 2.47. The molecule has 2 aromatic carbocycles. The second kappa shape index (κ2) is 7.81. The first-order valence-electron chi connectivity index (χ1n) is 7.25. The topological polar surface area (TPSA) is 44.5 Å². The van der Waals surface area contributed by atoms with Crippen molar-refractivity contribution in [2.75, 3.05) is 13.3 Å². The van der Waals surface area contributed by atoms with E-state index in [-0.39, 0.29) is 6.79 Å². The Morgan fingerprint density at radius 1 is 0.952 bits per heavy atom. The summed E-state index contributed by atoms with van der Waals surface area (Å²) in [7, 11) is 0. The predicted octanol–water partition coefficient (Wildman–Crippen LogP) is 3.36. The molecule has 2 aromatic rings. The molecule has 2 N–H and O–H groups in total. The Hall–Kier alpha value is -1.84.